The van der Waals surface area contributed by atoms with Crippen LogP contribution in [0, 0.1) is 17.3 Å². The molecule has 9 rings (SSSR count). The van der Waals surface area contributed by atoms with Crippen LogP contribution in [0.25, 0.3) is 10.9 Å². The standard InChI is InChI=1S/C46H58N4O9.H2O4S/c1-8-42(54)23-27-24-45(40(52)58-6,36-29(15-19-49(25-27)26-42)28-13-10-11-14-32(28)47-36)31-21-30-33(22-34(31)56-4)48(3)39-44(30)17-20-50-18-12-16-43(9-2,38(44)50)35(37(51)57-5)46(39,55)41(53)59-7;1-5(2,3)4/h10-14,16,21-22,27,35,38-39,47,54-55H,8-9,15,17-20,23-26H2,1-7H3;(H2,1,2,3,4)/t27-,35-,38+,39-,42+,43+,44-,45+,46-;/m1./s1. The van der Waals surface area contributed by atoms with E-state index < -0.39 is 67.7 Å². The third kappa shape index (κ3) is 6.53. The minimum absolute atomic E-state index is 0.102. The molecule has 5 N–H and O–H groups in total. The van der Waals surface area contributed by atoms with Crippen molar-refractivity contribution in [2.45, 2.75) is 86.5 Å². The fourth-order valence-electron chi connectivity index (χ4n) is 13.7. The van der Waals surface area contributed by atoms with Gasteiger partial charge in [0.1, 0.15) is 17.1 Å². The van der Waals surface area contributed by atoms with Gasteiger partial charge in [-0.3, -0.25) is 28.5 Å². The number of nitrogens with one attached hydrogen (secondary N) is 1. The number of ether oxygens (including phenoxy) is 4. The van der Waals surface area contributed by atoms with E-state index in [4.69, 9.17) is 36.5 Å². The Morgan fingerprint density at radius 1 is 0.906 bits per heavy atom. The zero-order valence-corrected chi connectivity index (χ0v) is 38.2. The first kappa shape index (κ1) is 46.0. The first-order valence-electron chi connectivity index (χ1n) is 21.9. The average molecular weight is 909 g/mol. The van der Waals surface area contributed by atoms with Crippen molar-refractivity contribution in [3.05, 3.63) is 70.9 Å². The van der Waals surface area contributed by atoms with E-state index in [0.717, 1.165) is 33.4 Å². The summed E-state index contributed by atoms with van der Waals surface area (Å²) in [5.74, 6) is -2.96. The molecule has 64 heavy (non-hydrogen) atoms. The van der Waals surface area contributed by atoms with Crippen molar-refractivity contribution in [1.29, 1.82) is 0 Å². The summed E-state index contributed by atoms with van der Waals surface area (Å²) in [7, 11) is 2.75. The van der Waals surface area contributed by atoms with E-state index in [2.05, 4.69) is 26.9 Å². The summed E-state index contributed by atoms with van der Waals surface area (Å²) in [6, 6.07) is 10.9. The van der Waals surface area contributed by atoms with Gasteiger partial charge in [-0.05, 0) is 74.2 Å². The first-order valence-corrected chi connectivity index (χ1v) is 23.3. The lowest BCUT2D eigenvalue weighted by Crippen LogP contribution is -2.80. The molecule has 17 nitrogen and oxygen atoms in total. The van der Waals surface area contributed by atoms with Gasteiger partial charge < -0.3 is 39.0 Å². The Bertz CT molecular complexity index is 2500. The van der Waals surface area contributed by atoms with Crippen molar-refractivity contribution in [1.82, 2.24) is 14.8 Å². The van der Waals surface area contributed by atoms with E-state index in [1.807, 2.05) is 62.2 Å². The minimum Gasteiger partial charge on any atom is -0.496 e. The van der Waals surface area contributed by atoms with Crippen LogP contribution in [0.2, 0.25) is 0 Å². The van der Waals surface area contributed by atoms with Gasteiger partial charge in [-0.15, -0.1) is 0 Å². The lowest BCUT2D eigenvalue weighted by atomic mass is 9.44. The van der Waals surface area contributed by atoms with E-state index in [9.17, 15) is 19.8 Å². The predicted octanol–water partition coefficient (Wildman–Crippen LogP) is 3.20. The van der Waals surface area contributed by atoms with Gasteiger partial charge in [0.05, 0.1) is 40.1 Å². The van der Waals surface area contributed by atoms with Crippen molar-refractivity contribution in [2.75, 3.05) is 73.1 Å². The molecule has 348 valence electrons. The number of hydrogen-bond donors (Lipinski definition) is 5. The maximum Gasteiger partial charge on any atom is 0.394 e. The van der Waals surface area contributed by atoms with Crippen LogP contribution in [0.3, 0.4) is 0 Å². The van der Waals surface area contributed by atoms with E-state index in [1.165, 1.54) is 21.3 Å². The number of H-pyrrole nitrogens is 1. The summed E-state index contributed by atoms with van der Waals surface area (Å²) in [5.41, 5.74) is -1.77. The van der Waals surface area contributed by atoms with E-state index >= 15 is 4.79 Å². The quantitative estimate of drug-likeness (QED) is 0.0993. The Balaban J connectivity index is 0.00000106. The molecule has 1 aromatic heterocycles. The molecule has 0 amide bonds. The number of rotatable bonds is 7. The molecule has 1 unspecified atom stereocenters. The Labute approximate surface area is 373 Å². The fourth-order valence-corrected chi connectivity index (χ4v) is 13.7. The number of hydrogen-bond acceptors (Lipinski definition) is 14. The predicted molar refractivity (Wildman–Crippen MR) is 235 cm³/mol. The van der Waals surface area contributed by atoms with Crippen LogP contribution in [0.5, 0.6) is 5.75 Å². The number of carbonyl (C=O) groups is 3. The SMILES string of the molecule is CC[C@]1(O)C[C@H]2CN(CCc3c([nH]c4ccccc34)[C@@](C(=O)OC)(c3cc4c(cc3OC)N(C)[C@H]3[C@@](O)(C(=O)OC)[C@H](C(=O)OC)[C@]5(CC)C=CCN6CC[C@]43[C@@H]65)C2)C1.O=S(=O)(O)O. The van der Waals surface area contributed by atoms with Gasteiger partial charge in [0, 0.05) is 84.0 Å². The first-order chi connectivity index (χ1) is 30.3. The maximum absolute atomic E-state index is 15.3. The lowest BCUT2D eigenvalue weighted by molar-refractivity contribution is -0.209. The zero-order valence-electron chi connectivity index (χ0n) is 37.4. The number of methoxy groups -OCH3 is 4. The smallest absolute Gasteiger partial charge is 0.394 e. The number of aliphatic hydroxyl groups is 2. The number of anilines is 1. The van der Waals surface area contributed by atoms with Crippen molar-refractivity contribution in [3.8, 4) is 5.75 Å². The average Bonchev–Trinajstić information content (AvgIpc) is 3.93. The number of aromatic nitrogens is 1. The van der Waals surface area contributed by atoms with Crippen molar-refractivity contribution in [2.24, 2.45) is 17.3 Å². The molecule has 6 aliphatic rings. The highest BCUT2D eigenvalue weighted by molar-refractivity contribution is 7.79. The van der Waals surface area contributed by atoms with Gasteiger partial charge in [0.2, 0.25) is 0 Å². The molecular weight excluding hydrogens is 849 g/mol. The second-order valence-electron chi connectivity index (χ2n) is 18.6. The van der Waals surface area contributed by atoms with Crippen molar-refractivity contribution >= 4 is 44.9 Å². The molecule has 2 aromatic carbocycles. The highest BCUT2D eigenvalue weighted by Gasteiger charge is 2.80. The number of esters is 3. The molecule has 1 saturated carbocycles. The molecule has 1 aliphatic carbocycles. The molecule has 2 bridgehead atoms. The zero-order chi connectivity index (χ0) is 46.4. The highest BCUT2D eigenvalue weighted by atomic mass is 32.3. The second-order valence-corrected chi connectivity index (χ2v) is 19.5. The Morgan fingerprint density at radius 2 is 1.61 bits per heavy atom. The van der Waals surface area contributed by atoms with Gasteiger partial charge in [0.15, 0.2) is 5.60 Å². The van der Waals surface area contributed by atoms with Gasteiger partial charge >= 0.3 is 28.3 Å². The van der Waals surface area contributed by atoms with E-state index in [-0.39, 0.29) is 12.0 Å². The van der Waals surface area contributed by atoms with Crippen molar-refractivity contribution < 1.29 is 61.1 Å². The van der Waals surface area contributed by atoms with Gasteiger partial charge in [-0.1, -0.05) is 44.2 Å². The number of carbonyl (C=O) groups excluding carboxylic acids is 3. The fraction of sp³-hybridized carbons (Fsp3) is 0.587. The highest BCUT2D eigenvalue weighted by Crippen LogP contribution is 2.69. The third-order valence-corrected chi connectivity index (χ3v) is 15.8. The molecule has 5 aliphatic heterocycles. The largest absolute Gasteiger partial charge is 0.496 e. The minimum atomic E-state index is -4.67. The molecule has 3 fully saturated rings. The summed E-state index contributed by atoms with van der Waals surface area (Å²) in [5, 5.41) is 26.4. The van der Waals surface area contributed by atoms with Crippen LogP contribution in [-0.4, -0.2) is 152 Å². The summed E-state index contributed by atoms with van der Waals surface area (Å²) in [6.45, 7) is 7.27. The normalized spacial score (nSPS) is 35.0. The van der Waals surface area contributed by atoms with Crippen LogP contribution in [-0.2, 0) is 56.2 Å². The van der Waals surface area contributed by atoms with Crippen LogP contribution in [0.15, 0.2) is 48.6 Å². The van der Waals surface area contributed by atoms with Crippen LogP contribution < -0.4 is 9.64 Å². The Morgan fingerprint density at radius 3 is 2.25 bits per heavy atom. The van der Waals surface area contributed by atoms with Crippen molar-refractivity contribution in [3.63, 3.8) is 0 Å². The molecule has 2 saturated heterocycles. The van der Waals surface area contributed by atoms with Gasteiger partial charge in [-0.25, -0.2) is 4.79 Å². The number of para-hydroxylation sites is 1. The number of aromatic amines is 1. The molecule has 3 aromatic rings. The van der Waals surface area contributed by atoms with E-state index in [1.54, 1.807) is 7.11 Å². The Kier molecular flexibility index (Phi) is 11.6. The molecule has 1 spiro atoms. The van der Waals surface area contributed by atoms with Gasteiger partial charge in [0.25, 0.3) is 0 Å². The number of likely N-dealkylation sites (N-methyl/N-ethyl adjacent to an activating group) is 1. The maximum atomic E-state index is 15.3. The summed E-state index contributed by atoms with van der Waals surface area (Å²) in [6.07, 6.45) is 7.12. The molecular formula is C46H60N4O13S. The molecule has 6 heterocycles. The summed E-state index contributed by atoms with van der Waals surface area (Å²) >= 11 is 0. The number of piperidine rings is 1. The number of nitrogens with zero attached hydrogens (tertiary/aromatic N) is 3. The van der Waals surface area contributed by atoms with Crippen LogP contribution >= 0.6 is 0 Å². The summed E-state index contributed by atoms with van der Waals surface area (Å²) in [4.78, 5) is 54.4. The monoisotopic (exact) mass is 908 g/mol. The Hall–Kier alpha value is -4.56. The van der Waals surface area contributed by atoms with E-state index in [0.29, 0.717) is 82.6 Å². The molecule has 10 atom stereocenters. The lowest BCUT2D eigenvalue weighted by Gasteiger charge is -2.63. The summed E-state index contributed by atoms with van der Waals surface area (Å²) < 4.78 is 54.8. The molecule has 18 heteroatoms. The van der Waals surface area contributed by atoms with Crippen LogP contribution in [0.4, 0.5) is 5.69 Å². The van der Waals surface area contributed by atoms with Gasteiger partial charge in [-0.2, -0.15) is 8.42 Å². The number of benzene rings is 2. The number of fused-ring (bicyclic) bond motifs is 6. The topological polar surface area (TPSA) is 229 Å². The second kappa shape index (κ2) is 16.1. The third-order valence-electron chi connectivity index (χ3n) is 15.8. The van der Waals surface area contributed by atoms with Crippen LogP contribution in [0.1, 0.15) is 68.3 Å². The molecule has 0 radical (unpaired) electrons.